The number of likely N-dealkylation sites (tertiary alicyclic amines) is 1. The van der Waals surface area contributed by atoms with Crippen molar-refractivity contribution in [1.29, 1.82) is 0 Å². The van der Waals surface area contributed by atoms with Gasteiger partial charge in [-0.05, 0) is 50.6 Å². The molecule has 28 heavy (non-hydrogen) atoms. The average Bonchev–Trinajstić information content (AvgIpc) is 3.32. The number of amides is 1. The molecule has 0 bridgehead atoms. The van der Waals surface area contributed by atoms with Crippen molar-refractivity contribution < 1.29 is 4.79 Å². The van der Waals surface area contributed by atoms with Crippen LogP contribution in [0.25, 0.3) is 5.52 Å². The number of nitrogens with one attached hydrogen (secondary N) is 2. The lowest BCUT2D eigenvalue weighted by atomic mass is 10.1. The first-order valence-electron chi connectivity index (χ1n) is 9.38. The molecule has 4 rings (SSSR count). The predicted molar refractivity (Wildman–Crippen MR) is 108 cm³/mol. The van der Waals surface area contributed by atoms with E-state index < -0.39 is 0 Å². The first kappa shape index (κ1) is 18.7. The third kappa shape index (κ3) is 3.81. The molecule has 2 aromatic heterocycles. The number of fused-ring (bicyclic) bond motifs is 1. The van der Waals surface area contributed by atoms with Gasteiger partial charge in [0, 0.05) is 29.5 Å². The highest BCUT2D eigenvalue weighted by atomic mass is 35.5. The van der Waals surface area contributed by atoms with Gasteiger partial charge in [0.25, 0.3) is 11.5 Å². The number of aryl methyl sites for hydroxylation is 1. The smallest absolute Gasteiger partial charge is 0.274 e. The summed E-state index contributed by atoms with van der Waals surface area (Å²) in [5.41, 5.74) is 2.07. The van der Waals surface area contributed by atoms with Crippen LogP contribution in [0.1, 0.15) is 40.6 Å². The van der Waals surface area contributed by atoms with Crippen molar-refractivity contribution in [2.75, 3.05) is 19.6 Å². The molecule has 1 fully saturated rings. The number of halogens is 1. The van der Waals surface area contributed by atoms with Gasteiger partial charge in [0.2, 0.25) is 0 Å². The summed E-state index contributed by atoms with van der Waals surface area (Å²) >= 11 is 6.18. The summed E-state index contributed by atoms with van der Waals surface area (Å²) in [6.07, 6.45) is 3.99. The van der Waals surface area contributed by atoms with Gasteiger partial charge in [-0.2, -0.15) is 5.10 Å². The number of aromatic amines is 1. The van der Waals surface area contributed by atoms with E-state index in [1.165, 1.54) is 10.6 Å². The molecule has 3 aromatic rings. The first-order chi connectivity index (χ1) is 13.5. The van der Waals surface area contributed by atoms with Gasteiger partial charge in [-0.15, -0.1) is 0 Å². The van der Waals surface area contributed by atoms with Gasteiger partial charge in [-0.25, -0.2) is 4.52 Å². The molecule has 0 radical (unpaired) electrons. The van der Waals surface area contributed by atoms with Gasteiger partial charge >= 0.3 is 0 Å². The monoisotopic (exact) mass is 399 g/mol. The number of hydrogen-bond acceptors (Lipinski definition) is 4. The highest BCUT2D eigenvalue weighted by Gasteiger charge is 2.25. The van der Waals surface area contributed by atoms with Crippen LogP contribution in [0.15, 0.2) is 41.3 Å². The van der Waals surface area contributed by atoms with E-state index in [-0.39, 0.29) is 23.2 Å². The first-order valence-corrected chi connectivity index (χ1v) is 9.76. The SMILES string of the molecule is Cc1cn2nc(C(=O)NCC(c3cccc(Cl)c3)N3CCCC3)cc2c(=O)[nH]1. The number of benzene rings is 1. The molecule has 1 aliphatic rings. The molecule has 1 aliphatic heterocycles. The van der Waals surface area contributed by atoms with E-state index in [4.69, 9.17) is 11.6 Å². The van der Waals surface area contributed by atoms with E-state index in [9.17, 15) is 9.59 Å². The van der Waals surface area contributed by atoms with Crippen molar-refractivity contribution in [3.05, 3.63) is 68.9 Å². The van der Waals surface area contributed by atoms with Crippen molar-refractivity contribution in [2.45, 2.75) is 25.8 Å². The van der Waals surface area contributed by atoms with Crippen LogP contribution in [0.5, 0.6) is 0 Å². The second kappa shape index (κ2) is 7.77. The molecule has 3 heterocycles. The number of H-pyrrole nitrogens is 1. The molecular formula is C20H22ClN5O2. The molecule has 0 aliphatic carbocycles. The molecule has 0 spiro atoms. The van der Waals surface area contributed by atoms with Crippen LogP contribution in [0.4, 0.5) is 0 Å². The summed E-state index contributed by atoms with van der Waals surface area (Å²) in [4.78, 5) is 29.8. The molecule has 1 saturated heterocycles. The third-order valence-electron chi connectivity index (χ3n) is 5.10. The summed E-state index contributed by atoms with van der Waals surface area (Å²) < 4.78 is 1.44. The molecule has 1 aromatic carbocycles. The van der Waals surface area contributed by atoms with Crippen LogP contribution >= 0.6 is 11.6 Å². The minimum absolute atomic E-state index is 0.0489. The Balaban J connectivity index is 1.54. The number of hydrogen-bond donors (Lipinski definition) is 2. The van der Waals surface area contributed by atoms with Crippen molar-refractivity contribution >= 4 is 23.0 Å². The van der Waals surface area contributed by atoms with Gasteiger partial charge in [0.15, 0.2) is 5.69 Å². The summed E-state index contributed by atoms with van der Waals surface area (Å²) in [6.45, 7) is 4.21. The Hall–Kier alpha value is -2.64. The zero-order chi connectivity index (χ0) is 19.7. The van der Waals surface area contributed by atoms with Crippen LogP contribution < -0.4 is 10.9 Å². The number of carbonyl (C=O) groups is 1. The van der Waals surface area contributed by atoms with E-state index in [1.807, 2.05) is 24.3 Å². The van der Waals surface area contributed by atoms with Crippen LogP contribution in [-0.4, -0.2) is 45.0 Å². The van der Waals surface area contributed by atoms with Crippen LogP contribution in [0.2, 0.25) is 5.02 Å². The lowest BCUT2D eigenvalue weighted by Gasteiger charge is -2.28. The molecule has 1 atom stereocenters. The lowest BCUT2D eigenvalue weighted by Crippen LogP contribution is -2.37. The number of carbonyl (C=O) groups excluding carboxylic acids is 1. The minimum Gasteiger partial charge on any atom is -0.349 e. The highest BCUT2D eigenvalue weighted by Crippen LogP contribution is 2.26. The predicted octanol–water partition coefficient (Wildman–Crippen LogP) is 2.55. The zero-order valence-electron chi connectivity index (χ0n) is 15.6. The van der Waals surface area contributed by atoms with Gasteiger partial charge in [0.1, 0.15) is 5.52 Å². The Kier molecular flexibility index (Phi) is 5.19. The van der Waals surface area contributed by atoms with Crippen LogP contribution in [0, 0.1) is 6.92 Å². The third-order valence-corrected chi connectivity index (χ3v) is 5.33. The van der Waals surface area contributed by atoms with Crippen LogP contribution in [-0.2, 0) is 0 Å². The maximum atomic E-state index is 12.7. The fourth-order valence-corrected chi connectivity index (χ4v) is 3.94. The molecule has 7 nitrogen and oxygen atoms in total. The summed E-state index contributed by atoms with van der Waals surface area (Å²) in [5.74, 6) is -0.299. The Morgan fingerprint density at radius 2 is 2.11 bits per heavy atom. The van der Waals surface area contributed by atoms with E-state index in [1.54, 1.807) is 13.1 Å². The fraction of sp³-hybridized carbons (Fsp3) is 0.350. The maximum absolute atomic E-state index is 12.7. The minimum atomic E-state index is -0.299. The summed E-state index contributed by atoms with van der Waals surface area (Å²) in [5, 5.41) is 7.91. The number of nitrogens with zero attached hydrogens (tertiary/aromatic N) is 3. The van der Waals surface area contributed by atoms with Crippen molar-refractivity contribution in [2.24, 2.45) is 0 Å². The molecule has 1 unspecified atom stereocenters. The lowest BCUT2D eigenvalue weighted by molar-refractivity contribution is 0.0932. The normalized spacial score (nSPS) is 15.8. The largest absolute Gasteiger partial charge is 0.349 e. The van der Waals surface area contributed by atoms with Gasteiger partial charge in [-0.3, -0.25) is 14.5 Å². The van der Waals surface area contributed by atoms with Gasteiger partial charge < -0.3 is 10.3 Å². The molecular weight excluding hydrogens is 378 g/mol. The Labute approximate surface area is 167 Å². The Bertz CT molecular complexity index is 1070. The van der Waals surface area contributed by atoms with Crippen LogP contribution in [0.3, 0.4) is 0 Å². The Morgan fingerprint density at radius 3 is 2.86 bits per heavy atom. The van der Waals surface area contributed by atoms with Gasteiger partial charge in [0.05, 0.1) is 6.04 Å². The quantitative estimate of drug-likeness (QED) is 0.690. The van der Waals surface area contributed by atoms with E-state index in [0.29, 0.717) is 22.8 Å². The van der Waals surface area contributed by atoms with Crippen molar-refractivity contribution in [1.82, 2.24) is 24.8 Å². The number of rotatable bonds is 5. The number of aromatic nitrogens is 3. The van der Waals surface area contributed by atoms with Crippen molar-refractivity contribution in [3.63, 3.8) is 0 Å². The Morgan fingerprint density at radius 1 is 1.32 bits per heavy atom. The van der Waals surface area contributed by atoms with E-state index >= 15 is 0 Å². The zero-order valence-corrected chi connectivity index (χ0v) is 16.4. The van der Waals surface area contributed by atoms with E-state index in [0.717, 1.165) is 31.5 Å². The molecule has 8 heteroatoms. The van der Waals surface area contributed by atoms with E-state index in [2.05, 4.69) is 20.3 Å². The summed E-state index contributed by atoms with van der Waals surface area (Å²) in [6, 6.07) is 9.32. The fourth-order valence-electron chi connectivity index (χ4n) is 3.74. The molecule has 1 amide bonds. The summed E-state index contributed by atoms with van der Waals surface area (Å²) in [7, 11) is 0. The van der Waals surface area contributed by atoms with Crippen molar-refractivity contribution in [3.8, 4) is 0 Å². The second-order valence-electron chi connectivity index (χ2n) is 7.15. The standard InChI is InChI=1S/C20H22ClN5O2/c1-13-12-26-17(20(28)23-13)10-16(24-26)19(27)22-11-18(25-7-2-3-8-25)14-5-4-6-15(21)9-14/h4-6,9-10,12,18H,2-3,7-8,11H2,1H3,(H,22,27)(H,23,28). The average molecular weight is 400 g/mol. The molecule has 146 valence electrons. The highest BCUT2D eigenvalue weighted by molar-refractivity contribution is 6.30. The molecule has 0 saturated carbocycles. The topological polar surface area (TPSA) is 82.5 Å². The maximum Gasteiger partial charge on any atom is 0.274 e. The van der Waals surface area contributed by atoms with Gasteiger partial charge in [-0.1, -0.05) is 23.7 Å². The second-order valence-corrected chi connectivity index (χ2v) is 7.59. The molecule has 2 N–H and O–H groups in total.